The second kappa shape index (κ2) is 7.37. The number of likely N-dealkylation sites (N-methyl/N-ethyl adjacent to an activating group) is 1. The van der Waals surface area contributed by atoms with Crippen molar-refractivity contribution in [3.63, 3.8) is 0 Å². The number of hydrogen-bond acceptors (Lipinski definition) is 3. The van der Waals surface area contributed by atoms with Gasteiger partial charge in [-0.2, -0.15) is 0 Å². The summed E-state index contributed by atoms with van der Waals surface area (Å²) in [5.74, 6) is -2.16. The topological polar surface area (TPSA) is 35.6 Å². The first-order valence-electron chi connectivity index (χ1n) is 7.93. The minimum atomic E-state index is -0.776. The molecule has 0 spiro atoms. The average Bonchev–Trinajstić information content (AvgIpc) is 2.58. The lowest BCUT2D eigenvalue weighted by Gasteiger charge is -2.35. The predicted molar refractivity (Wildman–Crippen MR) is 95.5 cm³/mol. The molecule has 1 aliphatic heterocycles. The minimum absolute atomic E-state index is 0.343. The Labute approximate surface area is 150 Å². The summed E-state index contributed by atoms with van der Waals surface area (Å²) in [5.41, 5.74) is 0.942. The van der Waals surface area contributed by atoms with Crippen molar-refractivity contribution in [1.82, 2.24) is 4.90 Å². The molecule has 1 amide bonds. The van der Waals surface area contributed by atoms with E-state index in [0.29, 0.717) is 10.7 Å². The normalized spacial score (nSPS) is 15.3. The molecule has 25 heavy (non-hydrogen) atoms. The van der Waals surface area contributed by atoms with Gasteiger partial charge in [-0.15, -0.1) is 0 Å². The third-order valence-electron chi connectivity index (χ3n) is 4.22. The highest BCUT2D eigenvalue weighted by Gasteiger charge is 2.20. The molecule has 0 unspecified atom stereocenters. The molecule has 7 heteroatoms. The van der Waals surface area contributed by atoms with Crippen LogP contribution in [0.2, 0.25) is 5.02 Å². The molecule has 1 saturated heterocycles. The van der Waals surface area contributed by atoms with Gasteiger partial charge in [0.25, 0.3) is 5.91 Å². The third kappa shape index (κ3) is 4.08. The molecule has 2 aromatic rings. The Kier molecular flexibility index (Phi) is 5.20. The first-order chi connectivity index (χ1) is 11.9. The van der Waals surface area contributed by atoms with E-state index in [1.165, 1.54) is 0 Å². The van der Waals surface area contributed by atoms with Gasteiger partial charge < -0.3 is 15.1 Å². The number of hydrogen-bond donors (Lipinski definition) is 1. The van der Waals surface area contributed by atoms with E-state index >= 15 is 0 Å². The Morgan fingerprint density at radius 1 is 1.08 bits per heavy atom. The summed E-state index contributed by atoms with van der Waals surface area (Å²) in [6.45, 7) is 3.40. The lowest BCUT2D eigenvalue weighted by Crippen LogP contribution is -2.44. The van der Waals surface area contributed by atoms with Crippen molar-refractivity contribution < 1.29 is 13.6 Å². The van der Waals surface area contributed by atoms with Crippen LogP contribution in [0.1, 0.15) is 10.4 Å². The lowest BCUT2D eigenvalue weighted by atomic mass is 10.1. The Bertz CT molecular complexity index is 792. The Morgan fingerprint density at radius 3 is 2.52 bits per heavy atom. The summed E-state index contributed by atoms with van der Waals surface area (Å²) in [6, 6.07) is 7.97. The number of nitrogens with one attached hydrogen (secondary N) is 1. The highest BCUT2D eigenvalue weighted by molar-refractivity contribution is 6.31. The van der Waals surface area contributed by atoms with Gasteiger partial charge in [-0.3, -0.25) is 4.79 Å². The fraction of sp³-hybridized carbons (Fsp3) is 0.278. The largest absolute Gasteiger partial charge is 0.367 e. The van der Waals surface area contributed by atoms with Crippen LogP contribution in [0.5, 0.6) is 0 Å². The van der Waals surface area contributed by atoms with Gasteiger partial charge >= 0.3 is 0 Å². The zero-order valence-electron chi connectivity index (χ0n) is 13.7. The van der Waals surface area contributed by atoms with Crippen LogP contribution in [-0.2, 0) is 0 Å². The molecular weight excluding hydrogens is 348 g/mol. The van der Waals surface area contributed by atoms with Crippen molar-refractivity contribution in [2.45, 2.75) is 0 Å². The Balaban J connectivity index is 1.87. The zero-order chi connectivity index (χ0) is 18.0. The number of carbonyl (C=O) groups is 1. The summed E-state index contributed by atoms with van der Waals surface area (Å²) in [6.07, 6.45) is 0. The van der Waals surface area contributed by atoms with Crippen molar-refractivity contribution in [3.8, 4) is 0 Å². The maximum atomic E-state index is 13.8. The highest BCUT2D eigenvalue weighted by Crippen LogP contribution is 2.30. The summed E-state index contributed by atoms with van der Waals surface area (Å²) < 4.78 is 27.2. The highest BCUT2D eigenvalue weighted by atomic mass is 35.5. The van der Waals surface area contributed by atoms with E-state index in [4.69, 9.17) is 11.6 Å². The van der Waals surface area contributed by atoms with Crippen molar-refractivity contribution >= 4 is 28.9 Å². The molecule has 1 heterocycles. The van der Waals surface area contributed by atoms with E-state index in [-0.39, 0.29) is 5.56 Å². The molecule has 0 saturated carbocycles. The van der Waals surface area contributed by atoms with Gasteiger partial charge in [0.2, 0.25) is 0 Å². The predicted octanol–water partition coefficient (Wildman–Crippen LogP) is 3.62. The number of nitrogens with zero attached hydrogens (tertiary/aromatic N) is 2. The third-order valence-corrected chi connectivity index (χ3v) is 4.46. The molecule has 0 aliphatic carbocycles. The van der Waals surface area contributed by atoms with Gasteiger partial charge in [0, 0.05) is 31.2 Å². The van der Waals surface area contributed by atoms with E-state index < -0.39 is 17.5 Å². The summed E-state index contributed by atoms with van der Waals surface area (Å²) in [4.78, 5) is 16.7. The van der Waals surface area contributed by atoms with E-state index in [0.717, 1.165) is 50.1 Å². The van der Waals surface area contributed by atoms with Gasteiger partial charge in [-0.1, -0.05) is 11.6 Å². The van der Waals surface area contributed by atoms with Crippen LogP contribution in [0, 0.1) is 11.6 Å². The number of amides is 1. The van der Waals surface area contributed by atoms with Gasteiger partial charge in [0.15, 0.2) is 0 Å². The molecule has 0 atom stereocenters. The number of carbonyl (C=O) groups excluding carboxylic acids is 1. The fourth-order valence-electron chi connectivity index (χ4n) is 2.79. The molecule has 0 aromatic heterocycles. The lowest BCUT2D eigenvalue weighted by molar-refractivity contribution is 0.102. The number of halogens is 3. The van der Waals surface area contributed by atoms with Crippen LogP contribution < -0.4 is 10.2 Å². The maximum absolute atomic E-state index is 13.8. The Hall–Kier alpha value is -2.18. The van der Waals surface area contributed by atoms with Crippen LogP contribution in [0.25, 0.3) is 0 Å². The molecule has 1 aliphatic rings. The van der Waals surface area contributed by atoms with E-state index in [9.17, 15) is 13.6 Å². The summed E-state index contributed by atoms with van der Waals surface area (Å²) in [7, 11) is 2.05. The second-order valence-electron chi connectivity index (χ2n) is 6.03. The number of rotatable bonds is 3. The molecule has 1 fully saturated rings. The van der Waals surface area contributed by atoms with Crippen molar-refractivity contribution in [3.05, 3.63) is 58.6 Å². The SMILES string of the molecule is CN1CCN(c2ccc(Cl)cc2NC(=O)c2cc(F)ccc2F)CC1. The first-order valence-corrected chi connectivity index (χ1v) is 8.31. The minimum Gasteiger partial charge on any atom is -0.367 e. The van der Waals surface area contributed by atoms with Gasteiger partial charge in [-0.05, 0) is 43.4 Å². The van der Waals surface area contributed by atoms with E-state index in [1.807, 2.05) is 6.07 Å². The van der Waals surface area contributed by atoms with Crippen LogP contribution in [0.3, 0.4) is 0 Å². The number of benzene rings is 2. The van der Waals surface area contributed by atoms with Gasteiger partial charge in [-0.25, -0.2) is 8.78 Å². The number of piperazine rings is 1. The average molecular weight is 366 g/mol. The zero-order valence-corrected chi connectivity index (χ0v) is 14.5. The fourth-order valence-corrected chi connectivity index (χ4v) is 2.96. The van der Waals surface area contributed by atoms with Crippen molar-refractivity contribution in [2.75, 3.05) is 43.4 Å². The van der Waals surface area contributed by atoms with Crippen molar-refractivity contribution in [2.24, 2.45) is 0 Å². The molecular formula is C18H18ClF2N3O. The van der Waals surface area contributed by atoms with Gasteiger partial charge in [0.05, 0.1) is 16.9 Å². The maximum Gasteiger partial charge on any atom is 0.258 e. The van der Waals surface area contributed by atoms with E-state index in [1.54, 1.807) is 12.1 Å². The van der Waals surface area contributed by atoms with Crippen LogP contribution >= 0.6 is 11.6 Å². The van der Waals surface area contributed by atoms with Crippen molar-refractivity contribution in [1.29, 1.82) is 0 Å². The molecule has 4 nitrogen and oxygen atoms in total. The van der Waals surface area contributed by atoms with Crippen LogP contribution in [0.4, 0.5) is 20.2 Å². The molecule has 1 N–H and O–H groups in total. The summed E-state index contributed by atoms with van der Waals surface area (Å²) >= 11 is 6.05. The van der Waals surface area contributed by atoms with Crippen LogP contribution in [0.15, 0.2) is 36.4 Å². The molecule has 0 bridgehead atoms. The molecule has 3 rings (SSSR count). The monoisotopic (exact) mass is 365 g/mol. The standard InChI is InChI=1S/C18H18ClF2N3O/c1-23-6-8-24(9-7-23)17-5-2-12(19)10-16(17)22-18(25)14-11-13(20)3-4-15(14)21/h2-5,10-11H,6-9H2,1H3,(H,22,25). The summed E-state index contributed by atoms with van der Waals surface area (Å²) in [5, 5.41) is 3.11. The smallest absolute Gasteiger partial charge is 0.258 e. The first kappa shape index (κ1) is 17.6. The molecule has 132 valence electrons. The number of anilines is 2. The quantitative estimate of drug-likeness (QED) is 0.902. The molecule has 2 aromatic carbocycles. The Morgan fingerprint density at radius 2 is 1.80 bits per heavy atom. The molecule has 0 radical (unpaired) electrons. The second-order valence-corrected chi connectivity index (χ2v) is 6.47. The van der Waals surface area contributed by atoms with E-state index in [2.05, 4.69) is 22.2 Å². The van der Waals surface area contributed by atoms with Crippen LogP contribution in [-0.4, -0.2) is 44.0 Å². The van der Waals surface area contributed by atoms with Gasteiger partial charge in [0.1, 0.15) is 11.6 Å².